The molecule has 1 aliphatic carbocycles. The van der Waals surface area contributed by atoms with Gasteiger partial charge in [0.1, 0.15) is 0 Å². The van der Waals surface area contributed by atoms with Crippen molar-refractivity contribution in [3.8, 4) is 0 Å². The van der Waals surface area contributed by atoms with E-state index >= 15 is 0 Å². The van der Waals surface area contributed by atoms with Crippen molar-refractivity contribution in [1.82, 2.24) is 4.98 Å². The first-order chi connectivity index (χ1) is 8.18. The lowest BCUT2D eigenvalue weighted by atomic mass is 9.83. The molecule has 0 spiro atoms. The van der Waals surface area contributed by atoms with Crippen molar-refractivity contribution in [2.24, 2.45) is 5.92 Å². The van der Waals surface area contributed by atoms with Crippen LogP contribution in [0.25, 0.3) is 0 Å². The van der Waals surface area contributed by atoms with Gasteiger partial charge in [0.05, 0.1) is 5.92 Å². The Morgan fingerprint density at radius 2 is 2.06 bits per heavy atom. The van der Waals surface area contributed by atoms with Gasteiger partial charge in [-0.1, -0.05) is 25.3 Å². The summed E-state index contributed by atoms with van der Waals surface area (Å²) in [5.74, 6) is -0.748. The summed E-state index contributed by atoms with van der Waals surface area (Å²) >= 11 is 0. The number of carbonyl (C=O) groups is 1. The van der Waals surface area contributed by atoms with Crippen LogP contribution in [-0.4, -0.2) is 16.1 Å². The molecule has 3 heteroatoms. The average molecular weight is 233 g/mol. The van der Waals surface area contributed by atoms with Gasteiger partial charge in [0, 0.05) is 11.9 Å². The van der Waals surface area contributed by atoms with Crippen LogP contribution in [0.15, 0.2) is 18.3 Å². The molecule has 1 aromatic rings. The zero-order chi connectivity index (χ0) is 12.3. The van der Waals surface area contributed by atoms with Gasteiger partial charge in [-0.3, -0.25) is 9.78 Å². The molecule has 1 fully saturated rings. The summed E-state index contributed by atoms with van der Waals surface area (Å²) in [7, 11) is 0. The maximum absolute atomic E-state index is 11.3. The van der Waals surface area contributed by atoms with Crippen LogP contribution in [0.4, 0.5) is 0 Å². The van der Waals surface area contributed by atoms with Crippen LogP contribution in [0.1, 0.15) is 49.3 Å². The first-order valence-electron chi connectivity index (χ1n) is 6.34. The van der Waals surface area contributed by atoms with Crippen molar-refractivity contribution in [3.63, 3.8) is 0 Å². The Hall–Kier alpha value is -1.38. The molecule has 1 N–H and O–H groups in total. The number of aliphatic carboxylic acids is 1. The second-order valence-electron chi connectivity index (χ2n) is 4.92. The minimum atomic E-state index is -0.655. The molecule has 0 aliphatic heterocycles. The summed E-state index contributed by atoms with van der Waals surface area (Å²) in [6.07, 6.45) is 6.94. The van der Waals surface area contributed by atoms with Crippen LogP contribution in [0, 0.1) is 12.8 Å². The first kappa shape index (κ1) is 12.1. The summed E-state index contributed by atoms with van der Waals surface area (Å²) < 4.78 is 0. The smallest absolute Gasteiger partial charge is 0.307 e. The summed E-state index contributed by atoms with van der Waals surface area (Å²) in [5.41, 5.74) is 2.07. The van der Waals surface area contributed by atoms with E-state index in [-0.39, 0.29) is 11.8 Å². The fraction of sp³-hybridized carbons (Fsp3) is 0.571. The van der Waals surface area contributed by atoms with Crippen molar-refractivity contribution < 1.29 is 9.90 Å². The minimum absolute atomic E-state index is 0.142. The Labute approximate surface area is 102 Å². The molecular weight excluding hydrogens is 214 g/mol. The van der Waals surface area contributed by atoms with Gasteiger partial charge in [0.15, 0.2) is 0 Å². The number of aromatic nitrogens is 1. The summed E-state index contributed by atoms with van der Waals surface area (Å²) in [4.78, 5) is 15.6. The molecule has 3 nitrogen and oxygen atoms in total. The molecule has 1 aromatic heterocycles. The van der Waals surface area contributed by atoms with Gasteiger partial charge >= 0.3 is 5.97 Å². The third-order valence-corrected chi connectivity index (χ3v) is 3.70. The number of carboxylic acid groups (broad SMARTS) is 1. The van der Waals surface area contributed by atoms with Crippen molar-refractivity contribution in [3.05, 3.63) is 29.6 Å². The SMILES string of the molecule is Cc1ccc(C2CCCCCC2C(=O)O)cn1. The lowest BCUT2D eigenvalue weighted by Gasteiger charge is -2.21. The van der Waals surface area contributed by atoms with E-state index in [1.807, 2.05) is 25.3 Å². The minimum Gasteiger partial charge on any atom is -0.481 e. The summed E-state index contributed by atoms with van der Waals surface area (Å²) in [6.45, 7) is 1.95. The molecule has 0 saturated heterocycles. The fourth-order valence-electron chi connectivity index (χ4n) is 2.70. The molecule has 92 valence electrons. The van der Waals surface area contributed by atoms with Crippen molar-refractivity contribution >= 4 is 5.97 Å². The quantitative estimate of drug-likeness (QED) is 0.798. The van der Waals surface area contributed by atoms with E-state index in [1.54, 1.807) is 0 Å². The van der Waals surface area contributed by atoms with Crippen molar-refractivity contribution in [1.29, 1.82) is 0 Å². The zero-order valence-electron chi connectivity index (χ0n) is 10.2. The van der Waals surface area contributed by atoms with E-state index in [1.165, 1.54) is 0 Å². The monoisotopic (exact) mass is 233 g/mol. The Bertz CT molecular complexity index is 386. The number of hydrogen-bond donors (Lipinski definition) is 1. The van der Waals surface area contributed by atoms with Crippen molar-refractivity contribution in [2.75, 3.05) is 0 Å². The van der Waals surface area contributed by atoms with Gasteiger partial charge in [-0.05, 0) is 37.3 Å². The van der Waals surface area contributed by atoms with E-state index in [4.69, 9.17) is 0 Å². The molecule has 17 heavy (non-hydrogen) atoms. The predicted molar refractivity (Wildman–Crippen MR) is 65.9 cm³/mol. The molecule has 1 heterocycles. The van der Waals surface area contributed by atoms with Crippen molar-refractivity contribution in [2.45, 2.75) is 44.9 Å². The Kier molecular flexibility index (Phi) is 3.77. The van der Waals surface area contributed by atoms with E-state index in [0.717, 1.165) is 43.4 Å². The molecule has 1 aliphatic rings. The average Bonchev–Trinajstić information content (AvgIpc) is 2.55. The Morgan fingerprint density at radius 1 is 1.29 bits per heavy atom. The van der Waals surface area contributed by atoms with Crippen LogP contribution in [0.2, 0.25) is 0 Å². The van der Waals surface area contributed by atoms with Crippen LogP contribution in [-0.2, 0) is 4.79 Å². The molecule has 0 radical (unpaired) electrons. The standard InChI is InChI=1S/C14H19NO2/c1-10-7-8-11(9-15-10)12-5-3-2-4-6-13(12)14(16)17/h7-9,12-13H,2-6H2,1H3,(H,16,17). The lowest BCUT2D eigenvalue weighted by molar-refractivity contribution is -0.142. The predicted octanol–water partition coefficient (Wildman–Crippen LogP) is 3.14. The van der Waals surface area contributed by atoms with Gasteiger partial charge in [0.2, 0.25) is 0 Å². The Morgan fingerprint density at radius 3 is 2.71 bits per heavy atom. The number of hydrogen-bond acceptors (Lipinski definition) is 2. The van der Waals surface area contributed by atoms with Crippen LogP contribution < -0.4 is 0 Å². The van der Waals surface area contributed by atoms with E-state index in [0.29, 0.717) is 0 Å². The molecule has 0 aromatic carbocycles. The highest BCUT2D eigenvalue weighted by atomic mass is 16.4. The molecule has 2 unspecified atom stereocenters. The number of rotatable bonds is 2. The largest absolute Gasteiger partial charge is 0.481 e. The highest BCUT2D eigenvalue weighted by molar-refractivity contribution is 5.71. The normalized spacial score (nSPS) is 25.2. The topological polar surface area (TPSA) is 50.2 Å². The number of pyridine rings is 1. The molecule has 2 rings (SSSR count). The summed E-state index contributed by atoms with van der Waals surface area (Å²) in [6, 6.07) is 4.01. The molecule has 1 saturated carbocycles. The first-order valence-corrected chi connectivity index (χ1v) is 6.34. The lowest BCUT2D eigenvalue weighted by Crippen LogP contribution is -2.21. The Balaban J connectivity index is 2.25. The van der Waals surface area contributed by atoms with Gasteiger partial charge in [-0.25, -0.2) is 0 Å². The molecule has 0 amide bonds. The number of nitrogens with zero attached hydrogens (tertiary/aromatic N) is 1. The van der Waals surface area contributed by atoms with Crippen LogP contribution in [0.5, 0.6) is 0 Å². The zero-order valence-corrected chi connectivity index (χ0v) is 10.2. The van der Waals surface area contributed by atoms with Gasteiger partial charge < -0.3 is 5.11 Å². The molecule has 2 atom stereocenters. The third kappa shape index (κ3) is 2.84. The number of aryl methyl sites for hydroxylation is 1. The number of carboxylic acids is 1. The summed E-state index contributed by atoms with van der Waals surface area (Å²) in [5, 5.41) is 9.33. The van der Waals surface area contributed by atoms with Crippen LogP contribution in [0.3, 0.4) is 0 Å². The van der Waals surface area contributed by atoms with Gasteiger partial charge in [0.25, 0.3) is 0 Å². The highest BCUT2D eigenvalue weighted by Crippen LogP contribution is 2.36. The second kappa shape index (κ2) is 5.30. The molecule has 0 bridgehead atoms. The van der Waals surface area contributed by atoms with Gasteiger partial charge in [-0.2, -0.15) is 0 Å². The van der Waals surface area contributed by atoms with E-state index < -0.39 is 5.97 Å². The third-order valence-electron chi connectivity index (χ3n) is 3.70. The highest BCUT2D eigenvalue weighted by Gasteiger charge is 2.30. The maximum atomic E-state index is 11.3. The van der Waals surface area contributed by atoms with E-state index in [2.05, 4.69) is 4.98 Å². The fourth-order valence-corrected chi connectivity index (χ4v) is 2.70. The van der Waals surface area contributed by atoms with Crippen LogP contribution >= 0.6 is 0 Å². The van der Waals surface area contributed by atoms with Gasteiger partial charge in [-0.15, -0.1) is 0 Å². The molecular formula is C14H19NO2. The maximum Gasteiger partial charge on any atom is 0.307 e. The second-order valence-corrected chi connectivity index (χ2v) is 4.92. The van der Waals surface area contributed by atoms with E-state index in [9.17, 15) is 9.90 Å².